The van der Waals surface area contributed by atoms with Crippen molar-refractivity contribution in [2.45, 2.75) is 17.4 Å². The number of urea groups is 1. The number of primary amides is 1. The van der Waals surface area contributed by atoms with Crippen LogP contribution in [0, 0.1) is 0 Å². The molecule has 1 saturated heterocycles. The van der Waals surface area contributed by atoms with E-state index in [9.17, 15) is 18.0 Å². The van der Waals surface area contributed by atoms with E-state index in [4.69, 9.17) is 17.3 Å². The van der Waals surface area contributed by atoms with Gasteiger partial charge in [0.2, 0.25) is 15.9 Å². The van der Waals surface area contributed by atoms with Crippen LogP contribution in [0.25, 0.3) is 0 Å². The lowest BCUT2D eigenvalue weighted by molar-refractivity contribution is -0.134. The molecule has 2 aromatic carbocycles. The molecular formula is C20H23ClN4O4S. The van der Waals surface area contributed by atoms with E-state index in [2.05, 4.69) is 5.32 Å². The number of rotatable bonds is 6. The monoisotopic (exact) mass is 450 g/mol. The van der Waals surface area contributed by atoms with Crippen LogP contribution in [-0.2, 0) is 21.2 Å². The Labute approximate surface area is 180 Å². The second kappa shape index (κ2) is 9.46. The molecule has 160 valence electrons. The van der Waals surface area contributed by atoms with Crippen molar-refractivity contribution in [1.29, 1.82) is 0 Å². The van der Waals surface area contributed by atoms with E-state index in [-0.39, 0.29) is 37.0 Å². The van der Waals surface area contributed by atoms with E-state index in [1.807, 2.05) is 30.3 Å². The SMILES string of the molecule is NC(=O)N[C@H](Cc1ccccc1)C(=O)N1CCN(S(=O)(=O)c2ccc(Cl)cc2)CC1. The number of nitrogens with zero attached hydrogens (tertiary/aromatic N) is 2. The first kappa shape index (κ1) is 22.1. The fourth-order valence-corrected chi connectivity index (χ4v) is 4.89. The Balaban J connectivity index is 1.66. The first-order valence-corrected chi connectivity index (χ1v) is 11.2. The molecule has 0 unspecified atom stereocenters. The van der Waals surface area contributed by atoms with Crippen molar-refractivity contribution < 1.29 is 18.0 Å². The molecule has 0 aromatic heterocycles. The van der Waals surface area contributed by atoms with Crippen LogP contribution in [-0.4, -0.2) is 61.8 Å². The summed E-state index contributed by atoms with van der Waals surface area (Å²) < 4.78 is 26.9. The molecule has 1 fully saturated rings. The third kappa shape index (κ3) is 5.29. The van der Waals surface area contributed by atoms with E-state index in [1.165, 1.54) is 28.6 Å². The van der Waals surface area contributed by atoms with Crippen molar-refractivity contribution in [1.82, 2.24) is 14.5 Å². The van der Waals surface area contributed by atoms with E-state index in [0.29, 0.717) is 11.4 Å². The Bertz CT molecular complexity index is 991. The molecule has 2 aromatic rings. The van der Waals surface area contributed by atoms with Crippen molar-refractivity contribution in [2.75, 3.05) is 26.2 Å². The van der Waals surface area contributed by atoms with Crippen molar-refractivity contribution in [3.63, 3.8) is 0 Å². The summed E-state index contributed by atoms with van der Waals surface area (Å²) in [5.41, 5.74) is 6.13. The van der Waals surface area contributed by atoms with Crippen molar-refractivity contribution in [3.05, 3.63) is 65.2 Å². The number of carbonyl (C=O) groups is 2. The largest absolute Gasteiger partial charge is 0.352 e. The van der Waals surface area contributed by atoms with Gasteiger partial charge in [-0.25, -0.2) is 13.2 Å². The molecule has 0 saturated carbocycles. The second-order valence-corrected chi connectivity index (χ2v) is 9.31. The minimum atomic E-state index is -3.67. The summed E-state index contributed by atoms with van der Waals surface area (Å²) in [6.07, 6.45) is 0.298. The molecule has 0 radical (unpaired) electrons. The van der Waals surface area contributed by atoms with Gasteiger partial charge in [0, 0.05) is 37.6 Å². The molecule has 10 heteroatoms. The minimum Gasteiger partial charge on any atom is -0.352 e. The Hall–Kier alpha value is -2.62. The highest BCUT2D eigenvalue weighted by atomic mass is 35.5. The first-order chi connectivity index (χ1) is 14.3. The quantitative estimate of drug-likeness (QED) is 0.693. The summed E-state index contributed by atoms with van der Waals surface area (Å²) in [5, 5.41) is 2.96. The molecule has 3 N–H and O–H groups in total. The zero-order valence-corrected chi connectivity index (χ0v) is 17.8. The van der Waals surface area contributed by atoms with Crippen LogP contribution in [0.2, 0.25) is 5.02 Å². The highest BCUT2D eigenvalue weighted by Crippen LogP contribution is 2.20. The van der Waals surface area contributed by atoms with Crippen LogP contribution in [0.4, 0.5) is 4.79 Å². The fourth-order valence-electron chi connectivity index (χ4n) is 3.35. The Kier molecular flexibility index (Phi) is 6.96. The standard InChI is InChI=1S/C20H23ClN4O4S/c21-16-6-8-17(9-7-16)30(28,29)25-12-10-24(11-13-25)19(26)18(23-20(22)27)14-15-4-2-1-3-5-15/h1-9,18H,10-14H2,(H3,22,23,27)/t18-/m1/s1. The summed E-state index contributed by atoms with van der Waals surface area (Å²) in [5.74, 6) is -0.291. The second-order valence-electron chi connectivity index (χ2n) is 6.93. The van der Waals surface area contributed by atoms with Crippen molar-refractivity contribution in [2.24, 2.45) is 5.73 Å². The zero-order valence-electron chi connectivity index (χ0n) is 16.2. The number of amides is 3. The van der Waals surface area contributed by atoms with E-state index < -0.39 is 22.1 Å². The molecule has 3 amide bonds. The number of nitrogens with two attached hydrogens (primary N) is 1. The van der Waals surface area contributed by atoms with Gasteiger partial charge in [-0.15, -0.1) is 0 Å². The first-order valence-electron chi connectivity index (χ1n) is 9.42. The molecule has 0 bridgehead atoms. The number of hydrogen-bond acceptors (Lipinski definition) is 4. The van der Waals surface area contributed by atoms with Crippen LogP contribution in [0.15, 0.2) is 59.5 Å². The van der Waals surface area contributed by atoms with Gasteiger partial charge < -0.3 is 16.0 Å². The Morgan fingerprint density at radius 2 is 1.60 bits per heavy atom. The predicted molar refractivity (Wildman–Crippen MR) is 113 cm³/mol. The van der Waals surface area contributed by atoms with Gasteiger partial charge >= 0.3 is 6.03 Å². The van der Waals surface area contributed by atoms with Gasteiger partial charge in [0.25, 0.3) is 0 Å². The number of sulfonamides is 1. The van der Waals surface area contributed by atoms with E-state index >= 15 is 0 Å². The molecule has 1 heterocycles. The predicted octanol–water partition coefficient (Wildman–Crippen LogP) is 1.45. The summed E-state index contributed by atoms with van der Waals surface area (Å²) in [6.45, 7) is 0.755. The maximum Gasteiger partial charge on any atom is 0.312 e. The summed E-state index contributed by atoms with van der Waals surface area (Å²) >= 11 is 5.83. The van der Waals surface area contributed by atoms with Gasteiger partial charge in [-0.05, 0) is 29.8 Å². The van der Waals surface area contributed by atoms with E-state index in [1.54, 1.807) is 4.90 Å². The lowest BCUT2D eigenvalue weighted by Gasteiger charge is -2.35. The molecule has 1 aliphatic rings. The topological polar surface area (TPSA) is 113 Å². The number of piperazine rings is 1. The van der Waals surface area contributed by atoms with E-state index in [0.717, 1.165) is 5.56 Å². The van der Waals surface area contributed by atoms with Gasteiger partial charge in [-0.2, -0.15) is 4.31 Å². The minimum absolute atomic E-state index is 0.157. The van der Waals surface area contributed by atoms with Crippen LogP contribution in [0.5, 0.6) is 0 Å². The third-order valence-corrected chi connectivity index (χ3v) is 7.06. The highest BCUT2D eigenvalue weighted by molar-refractivity contribution is 7.89. The van der Waals surface area contributed by atoms with Crippen molar-refractivity contribution in [3.8, 4) is 0 Å². The van der Waals surface area contributed by atoms with Crippen LogP contribution in [0.1, 0.15) is 5.56 Å². The molecule has 1 aliphatic heterocycles. The highest BCUT2D eigenvalue weighted by Gasteiger charge is 2.33. The van der Waals surface area contributed by atoms with Crippen LogP contribution < -0.4 is 11.1 Å². The molecule has 0 aliphatic carbocycles. The van der Waals surface area contributed by atoms with Crippen molar-refractivity contribution >= 4 is 33.6 Å². The average Bonchev–Trinajstić information content (AvgIpc) is 2.73. The molecule has 8 nitrogen and oxygen atoms in total. The summed E-state index contributed by atoms with van der Waals surface area (Å²) in [6, 6.07) is 13.7. The normalized spacial score (nSPS) is 16.1. The van der Waals surface area contributed by atoms with Gasteiger partial charge in [0.05, 0.1) is 4.90 Å². The van der Waals surface area contributed by atoms with Crippen LogP contribution in [0.3, 0.4) is 0 Å². The lowest BCUT2D eigenvalue weighted by Crippen LogP contribution is -2.56. The summed E-state index contributed by atoms with van der Waals surface area (Å²) in [4.78, 5) is 26.1. The van der Waals surface area contributed by atoms with Gasteiger partial charge in [-0.1, -0.05) is 41.9 Å². The Morgan fingerprint density at radius 3 is 2.17 bits per heavy atom. The number of carbonyl (C=O) groups excluding carboxylic acids is 2. The van der Waals surface area contributed by atoms with Gasteiger partial charge in [0.1, 0.15) is 6.04 Å². The Morgan fingerprint density at radius 1 is 1.00 bits per heavy atom. The number of nitrogens with one attached hydrogen (secondary N) is 1. The third-order valence-electron chi connectivity index (χ3n) is 4.90. The number of halogens is 1. The molecule has 0 spiro atoms. The smallest absolute Gasteiger partial charge is 0.312 e. The zero-order chi connectivity index (χ0) is 21.7. The fraction of sp³-hybridized carbons (Fsp3) is 0.300. The number of benzene rings is 2. The van der Waals surface area contributed by atoms with Gasteiger partial charge in [-0.3, -0.25) is 4.79 Å². The lowest BCUT2D eigenvalue weighted by atomic mass is 10.0. The molecule has 1 atom stereocenters. The van der Waals surface area contributed by atoms with Gasteiger partial charge in [0.15, 0.2) is 0 Å². The number of hydrogen-bond donors (Lipinski definition) is 2. The van der Waals surface area contributed by atoms with Crippen LogP contribution >= 0.6 is 11.6 Å². The molecule has 30 heavy (non-hydrogen) atoms. The average molecular weight is 451 g/mol. The maximum atomic E-state index is 13.0. The maximum absolute atomic E-state index is 13.0. The molecular weight excluding hydrogens is 428 g/mol. The summed E-state index contributed by atoms with van der Waals surface area (Å²) in [7, 11) is -3.67. The molecule has 3 rings (SSSR count).